The predicted octanol–water partition coefficient (Wildman–Crippen LogP) is 1.29. The molecule has 0 saturated carbocycles. The molecule has 1 amide bonds. The molecule has 116 valence electrons. The van der Waals surface area contributed by atoms with Crippen molar-refractivity contribution in [3.05, 3.63) is 29.8 Å². The summed E-state index contributed by atoms with van der Waals surface area (Å²) < 4.78 is 5.50. The Kier molecular flexibility index (Phi) is 5.72. The Morgan fingerprint density at radius 3 is 2.33 bits per heavy atom. The number of carboxylic acid groups (broad SMARTS) is 1. The lowest BCUT2D eigenvalue weighted by atomic mass is 10.1. The molecule has 3 N–H and O–H groups in total. The van der Waals surface area contributed by atoms with Crippen LogP contribution in [0.25, 0.3) is 0 Å². The van der Waals surface area contributed by atoms with Crippen LogP contribution in [0.4, 0.5) is 0 Å². The Balaban J connectivity index is 2.57. The third kappa shape index (κ3) is 5.43. The van der Waals surface area contributed by atoms with Gasteiger partial charge in [-0.1, -0.05) is 13.8 Å². The molecule has 0 saturated heterocycles. The van der Waals surface area contributed by atoms with Crippen molar-refractivity contribution in [1.82, 2.24) is 5.32 Å². The summed E-state index contributed by atoms with van der Waals surface area (Å²) in [6.45, 7) is 5.42. The van der Waals surface area contributed by atoms with Gasteiger partial charge in [-0.25, -0.2) is 4.79 Å². The van der Waals surface area contributed by atoms with E-state index in [0.717, 1.165) is 6.92 Å². The van der Waals surface area contributed by atoms with E-state index >= 15 is 0 Å². The molecule has 0 aromatic heterocycles. The third-order valence-corrected chi connectivity index (χ3v) is 2.75. The van der Waals surface area contributed by atoms with Crippen LogP contribution in [0, 0.1) is 5.92 Å². The summed E-state index contributed by atoms with van der Waals surface area (Å²) in [5.74, 6) is -0.767. The van der Waals surface area contributed by atoms with E-state index in [4.69, 9.17) is 9.84 Å². The van der Waals surface area contributed by atoms with Crippen molar-refractivity contribution in [3.8, 4) is 5.75 Å². The Hall–Kier alpha value is -2.08. The lowest BCUT2D eigenvalue weighted by molar-refractivity contribution is -0.155. The highest BCUT2D eigenvalue weighted by Gasteiger charge is 2.30. The van der Waals surface area contributed by atoms with Crippen LogP contribution in [0.5, 0.6) is 5.75 Å². The van der Waals surface area contributed by atoms with Crippen molar-refractivity contribution in [2.24, 2.45) is 5.92 Å². The summed E-state index contributed by atoms with van der Waals surface area (Å²) in [7, 11) is 0. The number of ether oxygens (including phenoxy) is 1. The summed E-state index contributed by atoms with van der Waals surface area (Å²) in [6.07, 6.45) is 0. The number of aliphatic hydroxyl groups is 1. The van der Waals surface area contributed by atoms with Gasteiger partial charge in [0.25, 0.3) is 5.91 Å². The molecule has 21 heavy (non-hydrogen) atoms. The number of amides is 1. The molecular formula is C15H21NO5. The highest BCUT2D eigenvalue weighted by molar-refractivity contribution is 5.94. The number of benzene rings is 1. The lowest BCUT2D eigenvalue weighted by Crippen LogP contribution is -2.46. The molecular weight excluding hydrogens is 274 g/mol. The van der Waals surface area contributed by atoms with Gasteiger partial charge in [-0.3, -0.25) is 4.79 Å². The highest BCUT2D eigenvalue weighted by atomic mass is 16.5. The van der Waals surface area contributed by atoms with Gasteiger partial charge < -0.3 is 20.3 Å². The van der Waals surface area contributed by atoms with Crippen LogP contribution in [0.3, 0.4) is 0 Å². The normalized spacial score (nSPS) is 13.6. The first-order chi connectivity index (χ1) is 9.72. The topological polar surface area (TPSA) is 95.9 Å². The molecule has 6 heteroatoms. The largest absolute Gasteiger partial charge is 0.493 e. The number of carboxylic acids is 1. The average Bonchev–Trinajstić information content (AvgIpc) is 2.43. The van der Waals surface area contributed by atoms with Crippen LogP contribution in [-0.4, -0.2) is 40.8 Å². The van der Waals surface area contributed by atoms with Crippen molar-refractivity contribution in [1.29, 1.82) is 0 Å². The SMILES string of the molecule is CC(C)COc1ccc(C(=O)NCC(C)(O)C(=O)O)cc1. The Bertz CT molecular complexity index is 493. The number of carbonyl (C=O) groups excluding carboxylic acids is 1. The van der Waals surface area contributed by atoms with Gasteiger partial charge in [0, 0.05) is 5.56 Å². The predicted molar refractivity (Wildman–Crippen MR) is 77.4 cm³/mol. The molecule has 0 heterocycles. The fraction of sp³-hybridized carbons (Fsp3) is 0.467. The molecule has 0 fully saturated rings. The molecule has 1 rings (SSSR count). The fourth-order valence-corrected chi connectivity index (χ4v) is 1.40. The van der Waals surface area contributed by atoms with Gasteiger partial charge in [0.05, 0.1) is 13.2 Å². The van der Waals surface area contributed by atoms with E-state index in [1.165, 1.54) is 0 Å². The molecule has 1 aromatic carbocycles. The first kappa shape index (κ1) is 17.0. The Morgan fingerprint density at radius 1 is 1.29 bits per heavy atom. The maximum absolute atomic E-state index is 11.8. The van der Waals surface area contributed by atoms with Crippen molar-refractivity contribution in [3.63, 3.8) is 0 Å². The lowest BCUT2D eigenvalue weighted by Gasteiger charge is -2.18. The number of hydrogen-bond donors (Lipinski definition) is 3. The molecule has 0 radical (unpaired) electrons. The summed E-state index contributed by atoms with van der Waals surface area (Å²) in [5.41, 5.74) is -1.62. The van der Waals surface area contributed by atoms with E-state index in [1.807, 2.05) is 13.8 Å². The first-order valence-electron chi connectivity index (χ1n) is 6.69. The zero-order chi connectivity index (χ0) is 16.0. The van der Waals surface area contributed by atoms with E-state index in [0.29, 0.717) is 23.8 Å². The molecule has 1 atom stereocenters. The van der Waals surface area contributed by atoms with E-state index in [1.54, 1.807) is 24.3 Å². The van der Waals surface area contributed by atoms with Crippen molar-refractivity contribution < 1.29 is 24.5 Å². The first-order valence-corrected chi connectivity index (χ1v) is 6.69. The van der Waals surface area contributed by atoms with E-state index in [-0.39, 0.29) is 6.54 Å². The summed E-state index contributed by atoms with van der Waals surface area (Å²) in [5, 5.41) is 20.6. The van der Waals surface area contributed by atoms with Crippen LogP contribution in [-0.2, 0) is 4.79 Å². The second kappa shape index (κ2) is 7.08. The fourth-order valence-electron chi connectivity index (χ4n) is 1.40. The standard InChI is InChI=1S/C15H21NO5/c1-10(2)8-21-12-6-4-11(5-7-12)13(17)16-9-15(3,20)14(18)19/h4-7,10,20H,8-9H2,1-3H3,(H,16,17)(H,18,19). The second-order valence-corrected chi connectivity index (χ2v) is 5.49. The van der Waals surface area contributed by atoms with Gasteiger partial charge in [-0.2, -0.15) is 0 Å². The van der Waals surface area contributed by atoms with Crippen LogP contribution in [0.2, 0.25) is 0 Å². The van der Waals surface area contributed by atoms with Crippen LogP contribution < -0.4 is 10.1 Å². The van der Waals surface area contributed by atoms with Crippen LogP contribution >= 0.6 is 0 Å². The molecule has 0 aliphatic carbocycles. The molecule has 0 bridgehead atoms. The Morgan fingerprint density at radius 2 is 1.86 bits per heavy atom. The summed E-state index contributed by atoms with van der Waals surface area (Å²) in [4.78, 5) is 22.6. The number of rotatable bonds is 7. The number of aliphatic carboxylic acids is 1. The van der Waals surface area contributed by atoms with Crippen LogP contribution in [0.15, 0.2) is 24.3 Å². The molecule has 6 nitrogen and oxygen atoms in total. The average molecular weight is 295 g/mol. The minimum Gasteiger partial charge on any atom is -0.493 e. The number of nitrogens with one attached hydrogen (secondary N) is 1. The maximum Gasteiger partial charge on any atom is 0.337 e. The zero-order valence-corrected chi connectivity index (χ0v) is 12.4. The van der Waals surface area contributed by atoms with Gasteiger partial charge in [-0.15, -0.1) is 0 Å². The molecule has 0 spiro atoms. The minimum atomic E-state index is -1.99. The molecule has 1 unspecified atom stereocenters. The monoisotopic (exact) mass is 295 g/mol. The van der Waals surface area contributed by atoms with Gasteiger partial charge in [-0.05, 0) is 37.1 Å². The number of hydrogen-bond acceptors (Lipinski definition) is 4. The quantitative estimate of drug-likeness (QED) is 0.704. The second-order valence-electron chi connectivity index (χ2n) is 5.49. The van der Waals surface area contributed by atoms with Crippen molar-refractivity contribution in [2.75, 3.05) is 13.2 Å². The Labute approximate surface area is 123 Å². The van der Waals surface area contributed by atoms with Crippen molar-refractivity contribution in [2.45, 2.75) is 26.4 Å². The van der Waals surface area contributed by atoms with E-state index in [9.17, 15) is 14.7 Å². The van der Waals surface area contributed by atoms with Gasteiger partial charge in [0.15, 0.2) is 5.60 Å². The molecule has 1 aromatic rings. The molecule has 0 aliphatic rings. The summed E-state index contributed by atoms with van der Waals surface area (Å²) in [6, 6.07) is 6.51. The van der Waals surface area contributed by atoms with E-state index in [2.05, 4.69) is 5.32 Å². The molecule has 0 aliphatic heterocycles. The van der Waals surface area contributed by atoms with E-state index < -0.39 is 17.5 Å². The highest BCUT2D eigenvalue weighted by Crippen LogP contribution is 2.13. The van der Waals surface area contributed by atoms with Gasteiger partial charge in [0.1, 0.15) is 5.75 Å². The zero-order valence-electron chi connectivity index (χ0n) is 12.4. The summed E-state index contributed by atoms with van der Waals surface area (Å²) >= 11 is 0. The van der Waals surface area contributed by atoms with Crippen molar-refractivity contribution >= 4 is 11.9 Å². The maximum atomic E-state index is 11.8. The third-order valence-electron chi connectivity index (χ3n) is 2.75. The van der Waals surface area contributed by atoms with Gasteiger partial charge >= 0.3 is 5.97 Å². The van der Waals surface area contributed by atoms with Crippen LogP contribution in [0.1, 0.15) is 31.1 Å². The smallest absolute Gasteiger partial charge is 0.337 e. The number of carbonyl (C=O) groups is 2. The minimum absolute atomic E-state index is 0.368. The van der Waals surface area contributed by atoms with Gasteiger partial charge in [0.2, 0.25) is 0 Å².